The summed E-state index contributed by atoms with van der Waals surface area (Å²) in [7, 11) is 0. The van der Waals surface area contributed by atoms with Gasteiger partial charge in [0, 0.05) is 52.8 Å². The van der Waals surface area contributed by atoms with Crippen LogP contribution in [0.5, 0.6) is 0 Å². The Balaban J connectivity index is 1.63. The maximum Gasteiger partial charge on any atom is 0.303 e. The van der Waals surface area contributed by atoms with Crippen molar-refractivity contribution in [1.82, 2.24) is 5.32 Å². The van der Waals surface area contributed by atoms with Gasteiger partial charge in [0.2, 0.25) is 0 Å². The van der Waals surface area contributed by atoms with Gasteiger partial charge >= 0.3 is 5.97 Å². The second kappa shape index (κ2) is 11.1. The van der Waals surface area contributed by atoms with Crippen LogP contribution in [0.1, 0.15) is 80.6 Å². The number of aliphatic imine (C=N–C) groups is 3. The molecule has 1 saturated heterocycles. The molecule has 0 radical (unpaired) electrons. The first-order valence-electron chi connectivity index (χ1n) is 15.8. The summed E-state index contributed by atoms with van der Waals surface area (Å²) in [6.45, 7) is 14.4. The zero-order valence-electron chi connectivity index (χ0n) is 26.7. The second-order valence-corrected chi connectivity index (χ2v) is 13.1. The molecule has 3 atom stereocenters. The van der Waals surface area contributed by atoms with E-state index in [9.17, 15) is 20.1 Å². The fourth-order valence-corrected chi connectivity index (χ4v) is 7.39. The quantitative estimate of drug-likeness (QED) is 0.254. The number of aliphatic hydroxyl groups excluding tert-OH is 2. The van der Waals surface area contributed by atoms with Crippen molar-refractivity contribution in [3.05, 3.63) is 91.5 Å². The third-order valence-electron chi connectivity index (χ3n) is 9.65. The molecule has 1 unspecified atom stereocenters. The lowest BCUT2D eigenvalue weighted by molar-refractivity contribution is -0.137. The zero-order chi connectivity index (χ0) is 31.6. The van der Waals surface area contributed by atoms with E-state index in [4.69, 9.17) is 15.0 Å². The highest BCUT2D eigenvalue weighted by Gasteiger charge is 2.41. The minimum absolute atomic E-state index is 0.0105. The number of rotatable bonds is 7. The molecule has 44 heavy (non-hydrogen) atoms. The van der Waals surface area contributed by atoms with Crippen molar-refractivity contribution in [3.63, 3.8) is 0 Å². The molecular weight excluding hydrogens is 552 g/mol. The van der Waals surface area contributed by atoms with E-state index in [2.05, 4.69) is 46.0 Å². The molecule has 6 rings (SSSR count). The van der Waals surface area contributed by atoms with Gasteiger partial charge in [0.25, 0.3) is 0 Å². The molecule has 1 fully saturated rings. The van der Waals surface area contributed by atoms with Crippen LogP contribution >= 0.6 is 0 Å². The standard InChI is InChI=1S/C36H42N4O4/c1-8-21-28-15-29-23(11-16(2)3)18(5)25(37-29)14-30-33(20(7)41)19(6)27(38-30)13-26-17(4)22(9-10-32(43)44)35(39-26)24-12-31(42)34(21)36(24)40-28/h13-17,20,22,39,41-42H,8-12H2,1-7H3,(H,43,44)/t17-,20?,22-/m0/s1. The molecule has 8 nitrogen and oxygen atoms in total. The molecule has 8 bridgehead atoms. The van der Waals surface area contributed by atoms with Gasteiger partial charge in [0.1, 0.15) is 5.76 Å². The third-order valence-corrected chi connectivity index (χ3v) is 9.65. The Morgan fingerprint density at radius 1 is 1.02 bits per heavy atom. The number of aliphatic carboxylic acids is 1. The molecular formula is C36H42N4O4. The lowest BCUT2D eigenvalue weighted by atomic mass is 9.86. The van der Waals surface area contributed by atoms with Crippen LogP contribution < -0.4 is 5.32 Å². The van der Waals surface area contributed by atoms with Crippen LogP contribution in [0, 0.1) is 17.8 Å². The van der Waals surface area contributed by atoms with Crippen molar-refractivity contribution < 1.29 is 20.1 Å². The lowest BCUT2D eigenvalue weighted by Gasteiger charge is -2.17. The van der Waals surface area contributed by atoms with Gasteiger partial charge in [-0.1, -0.05) is 27.7 Å². The van der Waals surface area contributed by atoms with Crippen molar-refractivity contribution in [2.24, 2.45) is 32.7 Å². The molecule has 0 aromatic carbocycles. The number of carboxylic acids is 1. The summed E-state index contributed by atoms with van der Waals surface area (Å²) < 4.78 is 0. The Morgan fingerprint density at radius 2 is 1.73 bits per heavy atom. The minimum Gasteiger partial charge on any atom is -0.511 e. The molecule has 0 spiro atoms. The Kier molecular flexibility index (Phi) is 7.60. The van der Waals surface area contributed by atoms with E-state index in [1.807, 2.05) is 19.1 Å². The summed E-state index contributed by atoms with van der Waals surface area (Å²) in [4.78, 5) is 27.0. The van der Waals surface area contributed by atoms with Crippen molar-refractivity contribution in [2.45, 2.75) is 86.7 Å². The third kappa shape index (κ3) is 4.89. The average Bonchev–Trinajstić information content (AvgIpc) is 3.70. The number of carbonyl (C=O) groups is 1. The highest BCUT2D eigenvalue weighted by molar-refractivity contribution is 6.21. The maximum absolute atomic E-state index is 11.7. The van der Waals surface area contributed by atoms with Gasteiger partial charge in [-0.25, -0.2) is 15.0 Å². The molecule has 0 aromatic heterocycles. The largest absolute Gasteiger partial charge is 0.511 e. The van der Waals surface area contributed by atoms with Gasteiger partial charge in [-0.3, -0.25) is 4.79 Å². The monoisotopic (exact) mass is 594 g/mol. The summed E-state index contributed by atoms with van der Waals surface area (Å²) >= 11 is 0. The van der Waals surface area contributed by atoms with Crippen LogP contribution in [0.4, 0.5) is 0 Å². The topological polar surface area (TPSA) is 127 Å². The summed E-state index contributed by atoms with van der Waals surface area (Å²) in [5, 5.41) is 35.4. The normalized spacial score (nSPS) is 25.1. The number of hydrogen-bond donors (Lipinski definition) is 4. The van der Waals surface area contributed by atoms with Crippen LogP contribution in [-0.4, -0.2) is 44.5 Å². The van der Waals surface area contributed by atoms with E-state index in [1.165, 1.54) is 5.57 Å². The Morgan fingerprint density at radius 3 is 2.39 bits per heavy atom. The number of aliphatic hydroxyl groups is 2. The van der Waals surface area contributed by atoms with Crippen molar-refractivity contribution in [3.8, 4) is 0 Å². The van der Waals surface area contributed by atoms with Crippen LogP contribution in [0.2, 0.25) is 0 Å². The molecule has 5 heterocycles. The molecule has 0 amide bonds. The van der Waals surface area contributed by atoms with E-state index in [0.29, 0.717) is 36.6 Å². The smallest absolute Gasteiger partial charge is 0.303 e. The number of nitrogens with zero attached hydrogens (tertiary/aromatic N) is 3. The Bertz CT molecular complexity index is 1730. The fourth-order valence-electron chi connectivity index (χ4n) is 7.39. The highest BCUT2D eigenvalue weighted by atomic mass is 16.4. The van der Waals surface area contributed by atoms with Gasteiger partial charge in [-0.15, -0.1) is 0 Å². The predicted molar refractivity (Wildman–Crippen MR) is 174 cm³/mol. The van der Waals surface area contributed by atoms with E-state index < -0.39 is 12.1 Å². The summed E-state index contributed by atoms with van der Waals surface area (Å²) in [5.74, 6) is -0.212. The number of hydrogen-bond acceptors (Lipinski definition) is 7. The summed E-state index contributed by atoms with van der Waals surface area (Å²) in [5.41, 5.74) is 13.3. The highest BCUT2D eigenvalue weighted by Crippen LogP contribution is 2.47. The van der Waals surface area contributed by atoms with E-state index in [-0.39, 0.29) is 18.3 Å². The van der Waals surface area contributed by atoms with Crippen LogP contribution in [0.3, 0.4) is 0 Å². The molecule has 230 valence electrons. The molecule has 4 N–H and O–H groups in total. The van der Waals surface area contributed by atoms with Gasteiger partial charge < -0.3 is 20.6 Å². The van der Waals surface area contributed by atoms with Gasteiger partial charge in [0.15, 0.2) is 0 Å². The molecule has 0 saturated carbocycles. The van der Waals surface area contributed by atoms with Gasteiger partial charge in [0.05, 0.1) is 40.3 Å². The first-order chi connectivity index (χ1) is 20.9. The fraction of sp³-hybridized carbons (Fsp3) is 0.444. The molecule has 0 aromatic rings. The SMILES string of the molecule is CCC1=C2C=C3N=C(C=C4N=C(C=C5NC(=C6CC(O)=C1C6=N2)[C@@H](CCC(=O)O)[C@@H]5C)C(C)=C4C(C)O)C(C)=C3CC(C)C. The van der Waals surface area contributed by atoms with E-state index >= 15 is 0 Å². The van der Waals surface area contributed by atoms with Crippen LogP contribution in [-0.2, 0) is 4.79 Å². The number of nitrogens with one attached hydrogen (secondary N) is 1. The maximum atomic E-state index is 11.7. The first kappa shape index (κ1) is 30.0. The zero-order valence-corrected chi connectivity index (χ0v) is 26.7. The molecule has 1 aliphatic carbocycles. The summed E-state index contributed by atoms with van der Waals surface area (Å²) in [6.07, 6.45) is 7.77. The van der Waals surface area contributed by atoms with Crippen molar-refractivity contribution in [2.75, 3.05) is 0 Å². The van der Waals surface area contributed by atoms with Gasteiger partial charge in [-0.05, 0) is 86.5 Å². The van der Waals surface area contributed by atoms with Crippen molar-refractivity contribution >= 4 is 23.1 Å². The molecule has 8 heteroatoms. The van der Waals surface area contributed by atoms with Crippen LogP contribution in [0.15, 0.2) is 106 Å². The Labute approximate surface area is 259 Å². The van der Waals surface area contributed by atoms with E-state index in [1.54, 1.807) is 6.92 Å². The molecule has 6 aliphatic rings. The number of carboxylic acid groups (broad SMARTS) is 1. The lowest BCUT2D eigenvalue weighted by Crippen LogP contribution is -2.15. The molecule has 5 aliphatic heterocycles. The number of fused-ring (bicyclic) bond motifs is 5. The Hall–Kier alpha value is -4.04. The van der Waals surface area contributed by atoms with E-state index in [0.717, 1.165) is 79.8 Å². The first-order valence-corrected chi connectivity index (χ1v) is 15.8. The minimum atomic E-state index is -0.834. The number of allylic oxidation sites excluding steroid dienone is 11. The van der Waals surface area contributed by atoms with Gasteiger partial charge in [-0.2, -0.15) is 0 Å². The second-order valence-electron chi connectivity index (χ2n) is 13.1. The average molecular weight is 595 g/mol. The summed E-state index contributed by atoms with van der Waals surface area (Å²) in [6, 6.07) is 0. The van der Waals surface area contributed by atoms with Crippen molar-refractivity contribution in [1.29, 1.82) is 0 Å². The predicted octanol–water partition coefficient (Wildman–Crippen LogP) is 6.93. The van der Waals surface area contributed by atoms with Crippen LogP contribution in [0.25, 0.3) is 0 Å².